The molecule has 0 unspecified atom stereocenters. The minimum Gasteiger partial charge on any atom is -0.352 e. The first-order valence-corrected chi connectivity index (χ1v) is 11.6. The number of hydrogen-bond donors (Lipinski definition) is 1. The Bertz CT molecular complexity index is 872. The molecule has 2 aromatic rings. The average molecular weight is 467 g/mol. The number of carbonyl (C=O) groups excluding carboxylic acids is 2. The maximum absolute atomic E-state index is 13.1. The Morgan fingerprint density at radius 1 is 1.07 bits per heavy atom. The van der Waals surface area contributed by atoms with Crippen LogP contribution in [0.2, 0.25) is 10.0 Å². The summed E-state index contributed by atoms with van der Waals surface area (Å²) in [4.78, 5) is 28.4. The van der Waals surface area contributed by atoms with Gasteiger partial charge in [0.05, 0.1) is 0 Å². The van der Waals surface area contributed by atoms with E-state index in [2.05, 4.69) is 29.6 Å². The first-order chi connectivity index (χ1) is 14.2. The first-order valence-electron chi connectivity index (χ1n) is 9.90. The number of amides is 2. The number of nitrogens with zero attached hydrogens (tertiary/aromatic N) is 1. The molecule has 30 heavy (non-hydrogen) atoms. The Balaban J connectivity index is 2.11. The Morgan fingerprint density at radius 2 is 1.73 bits per heavy atom. The molecule has 0 aromatic heterocycles. The molecule has 2 aromatic carbocycles. The van der Waals surface area contributed by atoms with Gasteiger partial charge in [0.2, 0.25) is 11.8 Å². The molecule has 4 nitrogen and oxygen atoms in total. The zero-order valence-electron chi connectivity index (χ0n) is 17.7. The van der Waals surface area contributed by atoms with E-state index in [1.54, 1.807) is 41.8 Å². The van der Waals surface area contributed by atoms with Gasteiger partial charge in [-0.2, -0.15) is 0 Å². The van der Waals surface area contributed by atoms with E-state index in [0.29, 0.717) is 22.2 Å². The van der Waals surface area contributed by atoms with Crippen molar-refractivity contribution in [1.29, 1.82) is 0 Å². The summed E-state index contributed by atoms with van der Waals surface area (Å²) < 4.78 is 0. The third-order valence-corrected chi connectivity index (χ3v) is 6.16. The Hall–Kier alpha value is -1.69. The largest absolute Gasteiger partial charge is 0.352 e. The van der Waals surface area contributed by atoms with Gasteiger partial charge in [0.25, 0.3) is 0 Å². The fraction of sp³-hybridized carbons (Fsp3) is 0.391. The predicted molar refractivity (Wildman–Crippen MR) is 126 cm³/mol. The van der Waals surface area contributed by atoms with E-state index in [4.69, 9.17) is 23.2 Å². The van der Waals surface area contributed by atoms with Gasteiger partial charge >= 0.3 is 0 Å². The third-order valence-electron chi connectivity index (χ3n) is 4.56. The second-order valence-electron chi connectivity index (χ2n) is 7.51. The molecular formula is C23H28Cl2N2O2S. The molecular weight excluding hydrogens is 439 g/mol. The van der Waals surface area contributed by atoms with Crippen molar-refractivity contribution < 1.29 is 9.59 Å². The maximum Gasteiger partial charge on any atom is 0.242 e. The van der Waals surface area contributed by atoms with Crippen molar-refractivity contribution in [3.8, 4) is 0 Å². The van der Waals surface area contributed by atoms with Gasteiger partial charge in [0.1, 0.15) is 6.04 Å². The highest BCUT2D eigenvalue weighted by atomic mass is 35.5. The molecule has 0 saturated carbocycles. The molecule has 0 aliphatic carbocycles. The molecule has 0 aliphatic rings. The van der Waals surface area contributed by atoms with Crippen molar-refractivity contribution in [2.75, 3.05) is 5.75 Å². The number of thioether (sulfide) groups is 1. The third kappa shape index (κ3) is 7.53. The highest BCUT2D eigenvalue weighted by molar-refractivity contribution is 7.99. The molecule has 0 spiro atoms. The summed E-state index contributed by atoms with van der Waals surface area (Å²) in [5.74, 6) is 0.354. The molecule has 0 radical (unpaired) electrons. The fourth-order valence-electron chi connectivity index (χ4n) is 2.86. The molecule has 1 atom stereocenters. The molecule has 1 N–H and O–H groups in total. The Morgan fingerprint density at radius 3 is 2.33 bits per heavy atom. The van der Waals surface area contributed by atoms with Crippen molar-refractivity contribution in [1.82, 2.24) is 10.2 Å². The number of hydrogen-bond acceptors (Lipinski definition) is 3. The van der Waals surface area contributed by atoms with Gasteiger partial charge in [-0.1, -0.05) is 47.0 Å². The highest BCUT2D eigenvalue weighted by Gasteiger charge is 2.26. The van der Waals surface area contributed by atoms with Crippen LogP contribution < -0.4 is 5.32 Å². The van der Waals surface area contributed by atoms with Gasteiger partial charge in [-0.15, -0.1) is 11.8 Å². The first kappa shape index (κ1) is 24.6. The molecule has 0 aliphatic heterocycles. The number of rotatable bonds is 9. The van der Waals surface area contributed by atoms with Gasteiger partial charge in [0.15, 0.2) is 0 Å². The van der Waals surface area contributed by atoms with Crippen molar-refractivity contribution in [3.05, 3.63) is 63.6 Å². The zero-order valence-corrected chi connectivity index (χ0v) is 20.1. The number of aryl methyl sites for hydroxylation is 1. The van der Waals surface area contributed by atoms with Crippen LogP contribution in [0.15, 0.2) is 47.4 Å². The molecule has 0 bridgehead atoms. The predicted octanol–water partition coefficient (Wildman–Crippen LogP) is 5.73. The molecule has 162 valence electrons. The van der Waals surface area contributed by atoms with Gasteiger partial charge in [-0.25, -0.2) is 0 Å². The van der Waals surface area contributed by atoms with E-state index in [-0.39, 0.29) is 24.4 Å². The minimum absolute atomic E-state index is 0.00638. The quantitative estimate of drug-likeness (QED) is 0.480. The molecule has 0 heterocycles. The van der Waals surface area contributed by atoms with Crippen LogP contribution in [0.25, 0.3) is 0 Å². The van der Waals surface area contributed by atoms with Crippen LogP contribution in [0.1, 0.15) is 38.3 Å². The lowest BCUT2D eigenvalue weighted by atomic mass is 10.1. The van der Waals surface area contributed by atoms with E-state index in [1.165, 1.54) is 5.56 Å². The topological polar surface area (TPSA) is 49.4 Å². The Labute approximate surface area is 193 Å². The van der Waals surface area contributed by atoms with Gasteiger partial charge < -0.3 is 10.2 Å². The van der Waals surface area contributed by atoms with Crippen molar-refractivity contribution in [3.63, 3.8) is 0 Å². The lowest BCUT2D eigenvalue weighted by Gasteiger charge is -2.29. The lowest BCUT2D eigenvalue weighted by molar-refractivity contribution is -0.140. The summed E-state index contributed by atoms with van der Waals surface area (Å²) in [6.45, 7) is 7.82. The normalized spacial score (nSPS) is 12.0. The molecule has 0 fully saturated rings. The summed E-state index contributed by atoms with van der Waals surface area (Å²) >= 11 is 13.9. The van der Waals surface area contributed by atoms with E-state index in [0.717, 1.165) is 10.5 Å². The van der Waals surface area contributed by atoms with Crippen LogP contribution in [0.4, 0.5) is 0 Å². The second-order valence-corrected chi connectivity index (χ2v) is 9.52. The average Bonchev–Trinajstić information content (AvgIpc) is 2.67. The van der Waals surface area contributed by atoms with Crippen molar-refractivity contribution in [2.45, 2.75) is 57.6 Å². The summed E-state index contributed by atoms with van der Waals surface area (Å²) in [7, 11) is 0. The fourth-order valence-corrected chi connectivity index (χ4v) is 4.16. The lowest BCUT2D eigenvalue weighted by Crippen LogP contribution is -2.49. The Kier molecular flexibility index (Phi) is 9.53. The van der Waals surface area contributed by atoms with Gasteiger partial charge in [-0.3, -0.25) is 9.59 Å². The summed E-state index contributed by atoms with van der Waals surface area (Å²) in [6, 6.07) is 12.8. The molecule has 2 rings (SSSR count). The molecule has 7 heteroatoms. The van der Waals surface area contributed by atoms with E-state index in [1.807, 2.05) is 20.8 Å². The molecule has 0 saturated heterocycles. The van der Waals surface area contributed by atoms with E-state index >= 15 is 0 Å². The summed E-state index contributed by atoms with van der Waals surface area (Å²) in [5, 5.41) is 3.89. The monoisotopic (exact) mass is 466 g/mol. The molecule has 2 amide bonds. The minimum atomic E-state index is -0.615. The van der Waals surface area contributed by atoms with E-state index < -0.39 is 6.04 Å². The van der Waals surface area contributed by atoms with Crippen molar-refractivity contribution in [2.24, 2.45) is 0 Å². The number of halogens is 2. The number of benzene rings is 2. The van der Waals surface area contributed by atoms with Gasteiger partial charge in [0, 0.05) is 39.7 Å². The van der Waals surface area contributed by atoms with Crippen LogP contribution in [0.3, 0.4) is 0 Å². The van der Waals surface area contributed by atoms with Crippen LogP contribution in [0, 0.1) is 6.92 Å². The maximum atomic E-state index is 13.1. The second kappa shape index (κ2) is 11.6. The zero-order chi connectivity index (χ0) is 22.3. The SMILES string of the molecule is Cc1ccc(SCCC(=O)N(Cc2ccc(Cl)cc2Cl)[C@@H](C)C(=O)NC(C)C)cc1. The van der Waals surface area contributed by atoms with Crippen molar-refractivity contribution >= 4 is 46.8 Å². The standard InChI is InChI=1S/C23H28Cl2N2O2S/c1-15(2)26-23(29)17(4)27(14-18-7-8-19(24)13-21(18)25)22(28)11-12-30-20-9-5-16(3)6-10-20/h5-10,13,15,17H,11-12,14H2,1-4H3,(H,26,29)/t17-/m0/s1. The van der Waals surface area contributed by atoms with Crippen LogP contribution in [-0.4, -0.2) is 34.6 Å². The number of carbonyl (C=O) groups is 2. The number of nitrogens with one attached hydrogen (secondary N) is 1. The summed E-state index contributed by atoms with van der Waals surface area (Å²) in [6.07, 6.45) is 0.322. The van der Waals surface area contributed by atoms with E-state index in [9.17, 15) is 9.59 Å². The highest BCUT2D eigenvalue weighted by Crippen LogP contribution is 2.24. The smallest absolute Gasteiger partial charge is 0.242 e. The van der Waals surface area contributed by atoms with Crippen LogP contribution in [-0.2, 0) is 16.1 Å². The van der Waals surface area contributed by atoms with Gasteiger partial charge in [-0.05, 0) is 57.5 Å². The van der Waals surface area contributed by atoms with Crippen LogP contribution >= 0.6 is 35.0 Å². The van der Waals surface area contributed by atoms with Crippen LogP contribution in [0.5, 0.6) is 0 Å². The summed E-state index contributed by atoms with van der Waals surface area (Å²) in [5.41, 5.74) is 1.95.